The predicted octanol–water partition coefficient (Wildman–Crippen LogP) is 4.13. The highest BCUT2D eigenvalue weighted by molar-refractivity contribution is 5.66. The highest BCUT2D eigenvalue weighted by Gasteiger charge is 2.14. The van der Waals surface area contributed by atoms with Gasteiger partial charge in [0.15, 0.2) is 6.29 Å². The van der Waals surface area contributed by atoms with E-state index in [-0.39, 0.29) is 6.29 Å². The Hall–Kier alpha value is -0.610. The molecule has 1 heterocycles. The van der Waals surface area contributed by atoms with Gasteiger partial charge in [0.05, 0.1) is 13.2 Å². The van der Waals surface area contributed by atoms with Crippen molar-refractivity contribution in [3.63, 3.8) is 0 Å². The Balaban J connectivity index is 1.69. The molecule has 0 saturated carbocycles. The monoisotopic (exact) mass is 286 g/mol. The first-order valence-electron chi connectivity index (χ1n) is 8.24. The van der Waals surface area contributed by atoms with Crippen molar-refractivity contribution in [3.05, 3.63) is 0 Å². The van der Waals surface area contributed by atoms with Crippen molar-refractivity contribution in [1.29, 1.82) is 0 Å². The van der Waals surface area contributed by atoms with Crippen LogP contribution in [-0.2, 0) is 14.3 Å². The first-order chi connectivity index (χ1) is 9.79. The zero-order valence-electron chi connectivity index (χ0n) is 12.6. The lowest BCUT2D eigenvalue weighted by atomic mass is 10.1. The Labute approximate surface area is 122 Å². The topological polar surface area (TPSA) is 55.8 Å². The van der Waals surface area contributed by atoms with Crippen molar-refractivity contribution >= 4 is 5.97 Å². The fourth-order valence-corrected chi connectivity index (χ4v) is 2.58. The molecule has 4 nitrogen and oxygen atoms in total. The fourth-order valence-electron chi connectivity index (χ4n) is 2.58. The van der Waals surface area contributed by atoms with Crippen LogP contribution in [0.2, 0.25) is 0 Å². The van der Waals surface area contributed by atoms with Gasteiger partial charge >= 0.3 is 5.97 Å². The van der Waals surface area contributed by atoms with Gasteiger partial charge in [0.1, 0.15) is 0 Å². The van der Waals surface area contributed by atoms with Crippen molar-refractivity contribution in [2.45, 2.75) is 83.3 Å². The summed E-state index contributed by atoms with van der Waals surface area (Å²) in [6, 6.07) is 0. The van der Waals surface area contributed by atoms with Gasteiger partial charge in [-0.25, -0.2) is 0 Å². The van der Waals surface area contributed by atoms with Crippen molar-refractivity contribution in [1.82, 2.24) is 0 Å². The molecule has 1 aliphatic rings. The Morgan fingerprint density at radius 2 is 1.25 bits per heavy atom. The van der Waals surface area contributed by atoms with Crippen LogP contribution in [0.5, 0.6) is 0 Å². The van der Waals surface area contributed by atoms with Crippen LogP contribution in [0.3, 0.4) is 0 Å². The molecular weight excluding hydrogens is 256 g/mol. The first kappa shape index (κ1) is 17.4. The van der Waals surface area contributed by atoms with Crippen molar-refractivity contribution in [2.24, 2.45) is 0 Å². The Bertz CT molecular complexity index is 237. The van der Waals surface area contributed by atoms with Crippen LogP contribution in [0.4, 0.5) is 0 Å². The van der Waals surface area contributed by atoms with E-state index >= 15 is 0 Å². The Morgan fingerprint density at radius 1 is 0.800 bits per heavy atom. The van der Waals surface area contributed by atoms with Crippen LogP contribution in [-0.4, -0.2) is 30.6 Å². The zero-order chi connectivity index (χ0) is 14.5. The third-order valence-electron chi connectivity index (χ3n) is 3.77. The maximum atomic E-state index is 10.3. The fraction of sp³-hybridized carbons (Fsp3) is 0.938. The zero-order valence-corrected chi connectivity index (χ0v) is 12.6. The molecule has 0 spiro atoms. The summed E-state index contributed by atoms with van der Waals surface area (Å²) in [5, 5.41) is 8.51. The maximum Gasteiger partial charge on any atom is 0.303 e. The van der Waals surface area contributed by atoms with E-state index in [2.05, 4.69) is 0 Å². The second-order valence-corrected chi connectivity index (χ2v) is 5.64. The van der Waals surface area contributed by atoms with Gasteiger partial charge in [-0.2, -0.15) is 0 Å². The molecule has 0 unspecified atom stereocenters. The van der Waals surface area contributed by atoms with Crippen LogP contribution < -0.4 is 0 Å². The summed E-state index contributed by atoms with van der Waals surface area (Å²) in [7, 11) is 0. The van der Waals surface area contributed by atoms with Crippen LogP contribution in [0.1, 0.15) is 77.0 Å². The van der Waals surface area contributed by atoms with E-state index in [9.17, 15) is 4.79 Å². The largest absolute Gasteiger partial charge is 0.481 e. The number of unbranched alkanes of at least 4 members (excludes halogenated alkanes) is 9. The van der Waals surface area contributed by atoms with Gasteiger partial charge < -0.3 is 14.6 Å². The molecule has 4 heteroatoms. The van der Waals surface area contributed by atoms with Crippen LogP contribution in [0.15, 0.2) is 0 Å². The third kappa shape index (κ3) is 10.2. The van der Waals surface area contributed by atoms with E-state index < -0.39 is 5.97 Å². The van der Waals surface area contributed by atoms with E-state index in [0.717, 1.165) is 32.5 Å². The average Bonchev–Trinajstić information content (AvgIpc) is 2.93. The highest BCUT2D eigenvalue weighted by atomic mass is 16.7. The normalized spacial score (nSPS) is 15.8. The Kier molecular flexibility index (Phi) is 10.6. The predicted molar refractivity (Wildman–Crippen MR) is 78.7 cm³/mol. The van der Waals surface area contributed by atoms with Crippen molar-refractivity contribution in [2.75, 3.05) is 13.2 Å². The molecule has 0 aromatic rings. The lowest BCUT2D eigenvalue weighted by Gasteiger charge is -2.08. The summed E-state index contributed by atoms with van der Waals surface area (Å²) in [5.41, 5.74) is 0. The van der Waals surface area contributed by atoms with Gasteiger partial charge in [0.2, 0.25) is 0 Å². The van der Waals surface area contributed by atoms with E-state index in [4.69, 9.17) is 14.6 Å². The summed E-state index contributed by atoms with van der Waals surface area (Å²) in [5.74, 6) is -0.668. The molecule has 1 aliphatic heterocycles. The molecule has 0 aliphatic carbocycles. The van der Waals surface area contributed by atoms with E-state index in [1.807, 2.05) is 0 Å². The summed E-state index contributed by atoms with van der Waals surface area (Å²) in [4.78, 5) is 10.3. The van der Waals surface area contributed by atoms with E-state index in [0.29, 0.717) is 6.42 Å². The maximum absolute atomic E-state index is 10.3. The number of carboxylic acid groups (broad SMARTS) is 1. The minimum absolute atomic E-state index is 0.0702. The smallest absolute Gasteiger partial charge is 0.303 e. The SMILES string of the molecule is O=C(O)CCCCCCCCCCCCC1OCCO1. The molecule has 20 heavy (non-hydrogen) atoms. The minimum atomic E-state index is -0.668. The molecule has 1 N–H and O–H groups in total. The van der Waals surface area contributed by atoms with Crippen molar-refractivity contribution in [3.8, 4) is 0 Å². The lowest BCUT2D eigenvalue weighted by Crippen LogP contribution is -2.06. The molecule has 1 saturated heterocycles. The Morgan fingerprint density at radius 3 is 1.75 bits per heavy atom. The van der Waals surface area contributed by atoms with Gasteiger partial charge in [-0.3, -0.25) is 4.79 Å². The molecule has 0 amide bonds. The number of aliphatic carboxylic acids is 1. The molecule has 0 radical (unpaired) electrons. The van der Waals surface area contributed by atoms with E-state index in [1.165, 1.54) is 51.4 Å². The van der Waals surface area contributed by atoms with Crippen molar-refractivity contribution < 1.29 is 19.4 Å². The minimum Gasteiger partial charge on any atom is -0.481 e. The number of ether oxygens (including phenoxy) is 2. The average molecular weight is 286 g/mol. The quantitative estimate of drug-likeness (QED) is 0.517. The molecule has 0 aromatic heterocycles. The number of hydrogen-bond acceptors (Lipinski definition) is 3. The third-order valence-corrected chi connectivity index (χ3v) is 3.77. The van der Waals surface area contributed by atoms with Crippen LogP contribution in [0.25, 0.3) is 0 Å². The van der Waals surface area contributed by atoms with E-state index in [1.54, 1.807) is 0 Å². The number of hydrogen-bond donors (Lipinski definition) is 1. The summed E-state index contributed by atoms with van der Waals surface area (Å²) in [6.45, 7) is 1.52. The molecule has 1 rings (SSSR count). The van der Waals surface area contributed by atoms with Crippen LogP contribution in [0, 0.1) is 0 Å². The van der Waals surface area contributed by atoms with Gasteiger partial charge in [-0.15, -0.1) is 0 Å². The molecule has 118 valence electrons. The number of carboxylic acids is 1. The second-order valence-electron chi connectivity index (χ2n) is 5.64. The van der Waals surface area contributed by atoms with Gasteiger partial charge in [0.25, 0.3) is 0 Å². The highest BCUT2D eigenvalue weighted by Crippen LogP contribution is 2.15. The van der Waals surface area contributed by atoms with Gasteiger partial charge in [-0.05, 0) is 19.3 Å². The first-order valence-corrected chi connectivity index (χ1v) is 8.24. The number of rotatable bonds is 13. The van der Waals surface area contributed by atoms with Gasteiger partial charge in [-0.1, -0.05) is 51.4 Å². The molecule has 0 bridgehead atoms. The molecule has 0 aromatic carbocycles. The standard InChI is InChI=1S/C16H30O4/c17-15(18)11-9-7-5-3-1-2-4-6-8-10-12-16-19-13-14-20-16/h16H,1-14H2,(H,17,18). The van der Waals surface area contributed by atoms with Crippen LogP contribution >= 0.6 is 0 Å². The lowest BCUT2D eigenvalue weighted by molar-refractivity contribution is -0.137. The van der Waals surface area contributed by atoms with Gasteiger partial charge in [0, 0.05) is 6.42 Å². The molecule has 0 atom stereocenters. The summed E-state index contributed by atoms with van der Waals surface area (Å²) < 4.78 is 10.8. The second kappa shape index (κ2) is 12.2. The molecule has 1 fully saturated rings. The molecular formula is C16H30O4. The summed E-state index contributed by atoms with van der Waals surface area (Å²) >= 11 is 0. The number of carbonyl (C=O) groups is 1. The summed E-state index contributed by atoms with van der Waals surface area (Å²) in [6.07, 6.45) is 13.5.